The van der Waals surface area contributed by atoms with Gasteiger partial charge in [0.2, 0.25) is 15.9 Å². The Kier molecular flexibility index (Phi) is 5.34. The van der Waals surface area contributed by atoms with Gasteiger partial charge < -0.3 is 4.90 Å². The Morgan fingerprint density at radius 1 is 1.17 bits per heavy atom. The molecule has 0 radical (unpaired) electrons. The summed E-state index contributed by atoms with van der Waals surface area (Å²) in [5.74, 6) is 0.164. The summed E-state index contributed by atoms with van der Waals surface area (Å²) < 4.78 is 25.2. The average molecular weight is 274 g/mol. The van der Waals surface area contributed by atoms with Crippen molar-refractivity contribution in [3.05, 3.63) is 11.6 Å². The zero-order valence-electron chi connectivity index (χ0n) is 11.3. The molecule has 5 nitrogen and oxygen atoms in total. The van der Waals surface area contributed by atoms with Gasteiger partial charge in [-0.3, -0.25) is 4.79 Å². The first kappa shape index (κ1) is 15.2. The number of carbonyl (C=O) groups excluding carboxylic acids is 1. The molecular formula is C12H22N2O3S. The summed E-state index contributed by atoms with van der Waals surface area (Å²) in [6.07, 6.45) is 2.22. The van der Waals surface area contributed by atoms with Crippen LogP contribution in [0, 0.1) is 0 Å². The van der Waals surface area contributed by atoms with Crippen molar-refractivity contribution in [1.82, 2.24) is 9.21 Å². The lowest BCUT2D eigenvalue weighted by atomic mass is 10.3. The topological polar surface area (TPSA) is 57.7 Å². The third-order valence-electron chi connectivity index (χ3n) is 2.82. The zero-order chi connectivity index (χ0) is 13.8. The molecule has 104 valence electrons. The first-order valence-corrected chi connectivity index (χ1v) is 7.89. The summed E-state index contributed by atoms with van der Waals surface area (Å²) in [4.78, 5) is 13.5. The van der Waals surface area contributed by atoms with Crippen molar-refractivity contribution in [2.24, 2.45) is 0 Å². The van der Waals surface area contributed by atoms with E-state index in [9.17, 15) is 13.2 Å². The summed E-state index contributed by atoms with van der Waals surface area (Å²) in [6.45, 7) is 7.37. The van der Waals surface area contributed by atoms with Crippen LogP contribution in [0.2, 0.25) is 0 Å². The molecule has 1 aliphatic heterocycles. The van der Waals surface area contributed by atoms with Crippen molar-refractivity contribution in [3.8, 4) is 0 Å². The number of sulfonamides is 1. The molecule has 18 heavy (non-hydrogen) atoms. The fourth-order valence-corrected chi connectivity index (χ4v) is 3.41. The van der Waals surface area contributed by atoms with Gasteiger partial charge in [0.1, 0.15) is 0 Å². The second-order valence-corrected chi connectivity index (χ2v) is 6.85. The van der Waals surface area contributed by atoms with Crippen LogP contribution in [0.5, 0.6) is 0 Å². The van der Waals surface area contributed by atoms with Crippen LogP contribution in [0.1, 0.15) is 27.2 Å². The summed E-state index contributed by atoms with van der Waals surface area (Å²) in [7, 11) is -3.13. The van der Waals surface area contributed by atoms with Crippen LogP contribution in [0.25, 0.3) is 0 Å². The number of hydrogen-bond acceptors (Lipinski definition) is 3. The molecule has 1 aliphatic rings. The highest BCUT2D eigenvalue weighted by Crippen LogP contribution is 2.10. The molecule has 0 aliphatic carbocycles. The van der Waals surface area contributed by atoms with Crippen LogP contribution in [0.3, 0.4) is 0 Å². The predicted molar refractivity (Wildman–Crippen MR) is 71.7 cm³/mol. The Labute approximate surface area is 110 Å². The molecule has 6 heteroatoms. The third-order valence-corrected chi connectivity index (χ3v) is 4.89. The summed E-state index contributed by atoms with van der Waals surface area (Å²) >= 11 is 0. The van der Waals surface area contributed by atoms with E-state index in [1.54, 1.807) is 11.0 Å². The van der Waals surface area contributed by atoms with E-state index < -0.39 is 10.0 Å². The molecule has 1 saturated heterocycles. The van der Waals surface area contributed by atoms with Crippen molar-refractivity contribution in [2.45, 2.75) is 27.2 Å². The maximum atomic E-state index is 11.9. The molecule has 1 rings (SSSR count). The maximum absolute atomic E-state index is 11.9. The van der Waals surface area contributed by atoms with Crippen LogP contribution in [0.4, 0.5) is 0 Å². The van der Waals surface area contributed by atoms with Crippen LogP contribution in [0.15, 0.2) is 11.6 Å². The molecule has 0 N–H and O–H groups in total. The van der Waals surface area contributed by atoms with Crippen molar-refractivity contribution in [2.75, 3.05) is 31.9 Å². The van der Waals surface area contributed by atoms with Gasteiger partial charge in [-0.2, -0.15) is 4.31 Å². The highest BCUT2D eigenvalue weighted by Gasteiger charge is 2.27. The lowest BCUT2D eigenvalue weighted by Gasteiger charge is -2.33. The molecule has 0 unspecified atom stereocenters. The van der Waals surface area contributed by atoms with Gasteiger partial charge in [0.25, 0.3) is 0 Å². The SMILES string of the molecule is CCCS(=O)(=O)N1CCN(C(=O)C=C(C)C)CC1. The number of amides is 1. The quantitative estimate of drug-likeness (QED) is 0.714. The summed E-state index contributed by atoms with van der Waals surface area (Å²) in [5.41, 5.74) is 0.959. The normalized spacial score (nSPS) is 17.6. The highest BCUT2D eigenvalue weighted by atomic mass is 32.2. The fourth-order valence-electron chi connectivity index (χ4n) is 1.91. The Morgan fingerprint density at radius 2 is 1.72 bits per heavy atom. The van der Waals surface area contributed by atoms with Crippen molar-refractivity contribution in [1.29, 1.82) is 0 Å². The van der Waals surface area contributed by atoms with Crippen LogP contribution in [-0.4, -0.2) is 55.5 Å². The van der Waals surface area contributed by atoms with Crippen LogP contribution in [-0.2, 0) is 14.8 Å². The number of piperazine rings is 1. The van der Waals surface area contributed by atoms with Gasteiger partial charge in [-0.1, -0.05) is 12.5 Å². The summed E-state index contributed by atoms with van der Waals surface area (Å²) in [5, 5.41) is 0. The highest BCUT2D eigenvalue weighted by molar-refractivity contribution is 7.89. The molecule has 0 bridgehead atoms. The molecule has 1 heterocycles. The molecule has 1 fully saturated rings. The lowest BCUT2D eigenvalue weighted by molar-refractivity contribution is -0.127. The van der Waals surface area contributed by atoms with E-state index in [0.29, 0.717) is 32.6 Å². The standard InChI is InChI=1S/C12H22N2O3S/c1-4-9-18(16,17)14-7-5-13(6-8-14)12(15)10-11(2)3/h10H,4-9H2,1-3H3. The first-order chi connectivity index (χ1) is 8.36. The van der Waals surface area contributed by atoms with Gasteiger partial charge in [0.15, 0.2) is 0 Å². The van der Waals surface area contributed by atoms with E-state index in [1.807, 2.05) is 20.8 Å². The van der Waals surface area contributed by atoms with Crippen molar-refractivity contribution < 1.29 is 13.2 Å². The largest absolute Gasteiger partial charge is 0.337 e. The molecular weight excluding hydrogens is 252 g/mol. The second kappa shape index (κ2) is 6.33. The van der Waals surface area contributed by atoms with Gasteiger partial charge in [-0.15, -0.1) is 0 Å². The maximum Gasteiger partial charge on any atom is 0.246 e. The number of carbonyl (C=O) groups is 1. The molecule has 0 aromatic carbocycles. The van der Waals surface area contributed by atoms with Crippen molar-refractivity contribution >= 4 is 15.9 Å². The number of hydrogen-bond donors (Lipinski definition) is 0. The molecule has 0 saturated carbocycles. The minimum atomic E-state index is -3.13. The van der Waals surface area contributed by atoms with E-state index >= 15 is 0 Å². The first-order valence-electron chi connectivity index (χ1n) is 6.28. The molecule has 0 aromatic heterocycles. The zero-order valence-corrected chi connectivity index (χ0v) is 12.2. The smallest absolute Gasteiger partial charge is 0.246 e. The average Bonchev–Trinajstić information content (AvgIpc) is 2.28. The lowest BCUT2D eigenvalue weighted by Crippen LogP contribution is -2.50. The number of rotatable bonds is 4. The van der Waals surface area contributed by atoms with Gasteiger partial charge in [-0.25, -0.2) is 8.42 Å². The molecule has 0 atom stereocenters. The Balaban J connectivity index is 2.56. The van der Waals surface area contributed by atoms with Crippen molar-refractivity contribution in [3.63, 3.8) is 0 Å². The fraction of sp³-hybridized carbons (Fsp3) is 0.750. The minimum absolute atomic E-state index is 0.0254. The van der Waals surface area contributed by atoms with Gasteiger partial charge in [-0.05, 0) is 20.3 Å². The molecule has 0 aromatic rings. The van der Waals surface area contributed by atoms with E-state index in [4.69, 9.17) is 0 Å². The number of allylic oxidation sites excluding steroid dienone is 1. The molecule has 1 amide bonds. The van der Waals surface area contributed by atoms with Gasteiger partial charge >= 0.3 is 0 Å². The molecule has 0 spiro atoms. The van der Waals surface area contributed by atoms with E-state index in [1.165, 1.54) is 4.31 Å². The second-order valence-electron chi connectivity index (χ2n) is 4.76. The number of nitrogens with zero attached hydrogens (tertiary/aromatic N) is 2. The van der Waals surface area contributed by atoms with E-state index in [0.717, 1.165) is 5.57 Å². The predicted octanol–water partition coefficient (Wildman–Crippen LogP) is 0.837. The Morgan fingerprint density at radius 3 is 2.17 bits per heavy atom. The summed E-state index contributed by atoms with van der Waals surface area (Å²) in [6, 6.07) is 0. The van der Waals surface area contributed by atoms with Gasteiger partial charge in [0, 0.05) is 32.3 Å². The third kappa shape index (κ3) is 4.10. The van der Waals surface area contributed by atoms with E-state index in [-0.39, 0.29) is 11.7 Å². The Hall–Kier alpha value is -0.880. The van der Waals surface area contributed by atoms with Crippen LogP contribution < -0.4 is 0 Å². The van der Waals surface area contributed by atoms with E-state index in [2.05, 4.69) is 0 Å². The van der Waals surface area contributed by atoms with Gasteiger partial charge in [0.05, 0.1) is 5.75 Å². The minimum Gasteiger partial charge on any atom is -0.337 e. The Bertz CT molecular complexity index is 417. The van der Waals surface area contributed by atoms with Crippen LogP contribution >= 0.6 is 0 Å². The monoisotopic (exact) mass is 274 g/mol.